The molecule has 1 aromatic heterocycles. The minimum atomic E-state index is -4.48. The smallest absolute Gasteiger partial charge is 0.372 e. The van der Waals surface area contributed by atoms with Crippen molar-refractivity contribution in [2.75, 3.05) is 41.3 Å². The van der Waals surface area contributed by atoms with Crippen LogP contribution in [-0.4, -0.2) is 36.1 Å². The van der Waals surface area contributed by atoms with Crippen molar-refractivity contribution in [1.29, 1.82) is 0 Å². The van der Waals surface area contributed by atoms with Gasteiger partial charge in [-0.1, -0.05) is 6.92 Å². The van der Waals surface area contributed by atoms with Crippen LogP contribution in [0.4, 0.5) is 36.3 Å². The van der Waals surface area contributed by atoms with E-state index in [4.69, 9.17) is 0 Å². The number of halogens is 3. The third-order valence-electron chi connectivity index (χ3n) is 5.88. The Balaban J connectivity index is 1.54. The molecule has 5 nitrogen and oxygen atoms in total. The molecule has 4 rings (SSSR count). The lowest BCUT2D eigenvalue weighted by Gasteiger charge is -2.33. The van der Waals surface area contributed by atoms with Gasteiger partial charge < -0.3 is 15.1 Å². The summed E-state index contributed by atoms with van der Waals surface area (Å²) < 4.78 is 40.6. The van der Waals surface area contributed by atoms with Crippen LogP contribution in [0, 0.1) is 5.92 Å². The van der Waals surface area contributed by atoms with E-state index in [-0.39, 0.29) is 11.8 Å². The lowest BCUT2D eigenvalue weighted by Crippen LogP contribution is -2.36. The number of nitrogens with one attached hydrogen (secondary N) is 1. The van der Waals surface area contributed by atoms with E-state index in [1.807, 2.05) is 24.3 Å². The van der Waals surface area contributed by atoms with Gasteiger partial charge in [0.25, 0.3) is 0 Å². The number of benzene rings is 1. The quantitative estimate of drug-likeness (QED) is 0.712. The van der Waals surface area contributed by atoms with Crippen molar-refractivity contribution in [2.45, 2.75) is 45.2 Å². The van der Waals surface area contributed by atoms with Gasteiger partial charge in [-0.2, -0.15) is 18.2 Å². The zero-order valence-corrected chi connectivity index (χ0v) is 17.3. The first kappa shape index (κ1) is 20.8. The molecular formula is C22H28F3N5. The monoisotopic (exact) mass is 419 g/mol. The Kier molecular flexibility index (Phi) is 6.01. The van der Waals surface area contributed by atoms with Crippen molar-refractivity contribution >= 4 is 23.1 Å². The Morgan fingerprint density at radius 2 is 1.67 bits per heavy atom. The molecule has 2 fully saturated rings. The van der Waals surface area contributed by atoms with Gasteiger partial charge in [0.2, 0.25) is 5.95 Å². The van der Waals surface area contributed by atoms with Crippen molar-refractivity contribution in [3.63, 3.8) is 0 Å². The zero-order chi connectivity index (χ0) is 21.1. The van der Waals surface area contributed by atoms with Crippen molar-refractivity contribution < 1.29 is 13.2 Å². The first-order chi connectivity index (χ1) is 14.4. The number of piperidine rings is 2. The van der Waals surface area contributed by atoms with E-state index >= 15 is 0 Å². The van der Waals surface area contributed by atoms with Gasteiger partial charge in [-0.3, -0.25) is 0 Å². The third-order valence-corrected chi connectivity index (χ3v) is 5.88. The summed E-state index contributed by atoms with van der Waals surface area (Å²) in [5.74, 6) is 0.493. The molecule has 0 saturated carbocycles. The molecule has 1 aromatic carbocycles. The molecule has 3 heterocycles. The molecule has 1 N–H and O–H groups in total. The Hall–Kier alpha value is -2.51. The van der Waals surface area contributed by atoms with Gasteiger partial charge in [-0.25, -0.2) is 4.98 Å². The molecule has 8 heteroatoms. The van der Waals surface area contributed by atoms with Gasteiger partial charge in [0.15, 0.2) is 0 Å². The average Bonchev–Trinajstić information content (AvgIpc) is 2.74. The van der Waals surface area contributed by atoms with Gasteiger partial charge in [-0.15, -0.1) is 0 Å². The van der Waals surface area contributed by atoms with Crippen LogP contribution in [0.3, 0.4) is 0 Å². The number of hydrogen-bond donors (Lipinski definition) is 1. The Morgan fingerprint density at radius 1 is 0.967 bits per heavy atom. The van der Waals surface area contributed by atoms with Gasteiger partial charge >= 0.3 is 6.18 Å². The van der Waals surface area contributed by atoms with E-state index in [2.05, 4.69) is 27.1 Å². The van der Waals surface area contributed by atoms with Crippen molar-refractivity contribution in [3.8, 4) is 0 Å². The summed E-state index contributed by atoms with van der Waals surface area (Å²) in [4.78, 5) is 12.3. The van der Waals surface area contributed by atoms with E-state index < -0.39 is 11.7 Å². The van der Waals surface area contributed by atoms with E-state index in [1.54, 1.807) is 4.90 Å². The lowest BCUT2D eigenvalue weighted by molar-refractivity contribution is -0.137. The minimum Gasteiger partial charge on any atom is -0.372 e. The molecule has 2 aliphatic rings. The minimum absolute atomic E-state index is 0.0310. The lowest BCUT2D eigenvalue weighted by atomic mass is 10.00. The number of aromatic nitrogens is 2. The fourth-order valence-electron chi connectivity index (χ4n) is 4.29. The topological polar surface area (TPSA) is 44.3 Å². The molecule has 2 aliphatic heterocycles. The van der Waals surface area contributed by atoms with E-state index in [0.717, 1.165) is 43.5 Å². The van der Waals surface area contributed by atoms with Gasteiger partial charge in [0.1, 0.15) is 11.4 Å². The van der Waals surface area contributed by atoms with Crippen molar-refractivity contribution in [2.24, 2.45) is 5.92 Å². The summed E-state index contributed by atoms with van der Waals surface area (Å²) in [7, 11) is 0. The average molecular weight is 419 g/mol. The van der Waals surface area contributed by atoms with E-state index in [1.165, 1.54) is 19.3 Å². The van der Waals surface area contributed by atoms with Crippen LogP contribution in [0.5, 0.6) is 0 Å². The molecule has 1 unspecified atom stereocenters. The van der Waals surface area contributed by atoms with Gasteiger partial charge in [-0.05, 0) is 62.3 Å². The highest BCUT2D eigenvalue weighted by Crippen LogP contribution is 2.37. The number of anilines is 4. The third kappa shape index (κ3) is 4.79. The summed E-state index contributed by atoms with van der Waals surface area (Å²) in [5.41, 5.74) is 1.15. The predicted molar refractivity (Wildman–Crippen MR) is 113 cm³/mol. The molecule has 2 saturated heterocycles. The maximum absolute atomic E-state index is 13.5. The maximum atomic E-state index is 13.5. The Labute approximate surface area is 175 Å². The Bertz CT molecular complexity index is 847. The van der Waals surface area contributed by atoms with Crippen molar-refractivity contribution in [1.82, 2.24) is 9.97 Å². The number of rotatable bonds is 4. The van der Waals surface area contributed by atoms with Crippen LogP contribution in [0.25, 0.3) is 0 Å². The fourth-order valence-corrected chi connectivity index (χ4v) is 4.29. The molecule has 0 bridgehead atoms. The molecule has 0 spiro atoms. The molecule has 162 valence electrons. The first-order valence-corrected chi connectivity index (χ1v) is 10.7. The van der Waals surface area contributed by atoms with Crippen LogP contribution >= 0.6 is 0 Å². The molecule has 1 atom stereocenters. The Morgan fingerprint density at radius 3 is 2.33 bits per heavy atom. The zero-order valence-electron chi connectivity index (χ0n) is 17.3. The second-order valence-corrected chi connectivity index (χ2v) is 8.34. The maximum Gasteiger partial charge on any atom is 0.421 e. The summed E-state index contributed by atoms with van der Waals surface area (Å²) in [6, 6.07) is 7.91. The largest absolute Gasteiger partial charge is 0.421 e. The van der Waals surface area contributed by atoms with Crippen LogP contribution in [0.2, 0.25) is 0 Å². The summed E-state index contributed by atoms with van der Waals surface area (Å²) in [5, 5.41) is 3.07. The normalized spacial score (nSPS) is 20.3. The SMILES string of the molecule is CC1CCCN(c2nc(Nc3ccc(N4CCCCC4)cc3)ncc2C(F)(F)F)C1. The predicted octanol–water partition coefficient (Wildman–Crippen LogP) is 5.47. The molecule has 0 amide bonds. The number of nitrogens with zero attached hydrogens (tertiary/aromatic N) is 4. The second-order valence-electron chi connectivity index (χ2n) is 8.34. The van der Waals surface area contributed by atoms with E-state index in [9.17, 15) is 13.2 Å². The summed E-state index contributed by atoms with van der Waals surface area (Å²) >= 11 is 0. The number of alkyl halides is 3. The van der Waals surface area contributed by atoms with E-state index in [0.29, 0.717) is 19.0 Å². The van der Waals surface area contributed by atoms with Crippen molar-refractivity contribution in [3.05, 3.63) is 36.0 Å². The highest BCUT2D eigenvalue weighted by Gasteiger charge is 2.37. The first-order valence-electron chi connectivity index (χ1n) is 10.7. The van der Waals surface area contributed by atoms with Gasteiger partial charge in [0, 0.05) is 43.8 Å². The highest BCUT2D eigenvalue weighted by atomic mass is 19.4. The molecule has 30 heavy (non-hydrogen) atoms. The van der Waals surface area contributed by atoms with Crippen LogP contribution in [-0.2, 0) is 6.18 Å². The van der Waals surface area contributed by atoms with Crippen LogP contribution in [0.15, 0.2) is 30.5 Å². The fraction of sp³-hybridized carbons (Fsp3) is 0.545. The summed E-state index contributed by atoms with van der Waals surface area (Å²) in [6.07, 6.45) is 1.99. The van der Waals surface area contributed by atoms with Crippen LogP contribution in [0.1, 0.15) is 44.6 Å². The molecular weight excluding hydrogens is 391 g/mol. The standard InChI is InChI=1S/C22H28F3N5/c1-16-6-5-13-30(15-16)20-19(22(23,24)25)14-26-21(28-20)27-17-7-9-18(10-8-17)29-11-3-2-4-12-29/h7-10,14,16H,2-6,11-13,15H2,1H3,(H,26,27,28). The summed E-state index contributed by atoms with van der Waals surface area (Å²) in [6.45, 7) is 5.33. The molecule has 2 aromatic rings. The van der Waals surface area contributed by atoms with Gasteiger partial charge in [0.05, 0.1) is 0 Å². The molecule has 0 aliphatic carbocycles. The second kappa shape index (κ2) is 8.70. The highest BCUT2D eigenvalue weighted by molar-refractivity contribution is 5.61. The van der Waals surface area contributed by atoms with Crippen LogP contribution < -0.4 is 15.1 Å². The number of hydrogen-bond acceptors (Lipinski definition) is 5. The molecule has 0 radical (unpaired) electrons.